The molecule has 2 heterocycles. The number of rotatable bonds is 5. The lowest BCUT2D eigenvalue weighted by molar-refractivity contribution is -0.123. The van der Waals surface area contributed by atoms with Crippen LogP contribution in [0.15, 0.2) is 46.7 Å². The first-order valence-electron chi connectivity index (χ1n) is 9.70. The molecule has 0 radical (unpaired) electrons. The largest absolute Gasteiger partial charge is 0.324 e. The van der Waals surface area contributed by atoms with Crippen LogP contribution in [0, 0.1) is 18.6 Å². The van der Waals surface area contributed by atoms with Crippen LogP contribution in [-0.4, -0.2) is 41.4 Å². The molecule has 2 unspecified atom stereocenters. The third-order valence-corrected chi connectivity index (χ3v) is 5.33. The highest BCUT2D eigenvalue weighted by Gasteiger charge is 2.55. The zero-order chi connectivity index (χ0) is 22.3. The quantitative estimate of drug-likeness (QED) is 0.743. The lowest BCUT2D eigenvalue weighted by Gasteiger charge is -2.21. The Kier molecular flexibility index (Phi) is 5.22. The molecule has 0 aliphatic carbocycles. The fourth-order valence-corrected chi connectivity index (χ4v) is 3.76. The van der Waals surface area contributed by atoms with Crippen molar-refractivity contribution >= 4 is 29.1 Å². The van der Waals surface area contributed by atoms with Crippen LogP contribution in [0.3, 0.4) is 0 Å². The number of amides is 3. The number of benzene rings is 2. The number of hydrogen-bond acceptors (Lipinski definition) is 6. The normalized spacial score (nSPS) is 19.9. The Labute approximate surface area is 176 Å². The molecule has 2 aromatic carbocycles. The number of anilines is 2. The van der Waals surface area contributed by atoms with E-state index < -0.39 is 41.4 Å². The minimum Gasteiger partial charge on any atom is -0.324 e. The Morgan fingerprint density at radius 1 is 1.13 bits per heavy atom. The number of nitrogens with one attached hydrogen (secondary N) is 1. The number of imide groups is 1. The summed E-state index contributed by atoms with van der Waals surface area (Å²) in [6.45, 7) is 3.55. The van der Waals surface area contributed by atoms with Crippen LogP contribution in [0.5, 0.6) is 0 Å². The fourth-order valence-electron chi connectivity index (χ4n) is 3.76. The predicted molar refractivity (Wildman–Crippen MR) is 107 cm³/mol. The number of para-hydroxylation sites is 1. The number of fused-ring (bicyclic) bond motifs is 1. The second kappa shape index (κ2) is 7.86. The first kappa shape index (κ1) is 20.6. The van der Waals surface area contributed by atoms with E-state index >= 15 is 0 Å². The summed E-state index contributed by atoms with van der Waals surface area (Å²) in [6.07, 6.45) is 0.724. The first-order chi connectivity index (χ1) is 14.8. The lowest BCUT2D eigenvalue weighted by Crippen LogP contribution is -2.43. The van der Waals surface area contributed by atoms with E-state index in [1.807, 2.05) is 32.0 Å². The highest BCUT2D eigenvalue weighted by atomic mass is 19.2. The SMILES string of the molecule is CCc1cccc(C)c1NC(=O)CN1N=NC2C(=O)N(c3ccc(F)c(F)c3)C(=O)C21. The smallest absolute Gasteiger partial charge is 0.263 e. The number of nitrogens with zero attached hydrogens (tertiary/aromatic N) is 4. The number of hydrogen-bond donors (Lipinski definition) is 1. The molecule has 10 heteroatoms. The van der Waals surface area contributed by atoms with Gasteiger partial charge in [-0.3, -0.25) is 19.4 Å². The molecule has 2 aromatic rings. The number of carbonyl (C=O) groups is 3. The van der Waals surface area contributed by atoms with Crippen molar-refractivity contribution in [3.8, 4) is 0 Å². The summed E-state index contributed by atoms with van der Waals surface area (Å²) in [5.74, 6) is -4.11. The van der Waals surface area contributed by atoms with Crippen LogP contribution in [0.2, 0.25) is 0 Å². The Bertz CT molecular complexity index is 1120. The zero-order valence-corrected chi connectivity index (χ0v) is 16.8. The summed E-state index contributed by atoms with van der Waals surface area (Å²) in [5.41, 5.74) is 2.45. The molecule has 4 rings (SSSR count). The Hall–Kier alpha value is -3.69. The standard InChI is InChI=1S/C21H19F2N5O3/c1-3-12-6-4-5-11(2)17(12)24-16(29)10-27-19-18(25-26-27)20(30)28(21(19)31)13-7-8-14(22)15(23)9-13/h4-9,18-19H,3,10H2,1-2H3,(H,24,29). The van der Waals surface area contributed by atoms with E-state index in [4.69, 9.17) is 0 Å². The second-order valence-electron chi connectivity index (χ2n) is 7.31. The second-order valence-corrected chi connectivity index (χ2v) is 7.31. The molecule has 1 N–H and O–H groups in total. The van der Waals surface area contributed by atoms with Crippen molar-refractivity contribution in [2.24, 2.45) is 10.3 Å². The molecule has 0 bridgehead atoms. The molecule has 1 fully saturated rings. The van der Waals surface area contributed by atoms with Crippen LogP contribution in [0.1, 0.15) is 18.1 Å². The van der Waals surface area contributed by atoms with Gasteiger partial charge in [-0.25, -0.2) is 13.7 Å². The van der Waals surface area contributed by atoms with Crippen LogP contribution >= 0.6 is 0 Å². The van der Waals surface area contributed by atoms with Gasteiger partial charge < -0.3 is 5.32 Å². The van der Waals surface area contributed by atoms with Crippen molar-refractivity contribution in [1.82, 2.24) is 5.01 Å². The van der Waals surface area contributed by atoms with Crippen LogP contribution in [0.4, 0.5) is 20.2 Å². The molecular weight excluding hydrogens is 408 g/mol. The third-order valence-electron chi connectivity index (χ3n) is 5.33. The van der Waals surface area contributed by atoms with E-state index in [-0.39, 0.29) is 12.2 Å². The van der Waals surface area contributed by atoms with Gasteiger partial charge in [-0.2, -0.15) is 5.11 Å². The van der Waals surface area contributed by atoms with Crippen molar-refractivity contribution in [2.75, 3.05) is 16.8 Å². The number of aryl methyl sites for hydroxylation is 2. The minimum absolute atomic E-state index is 0.101. The minimum atomic E-state index is -1.18. The van der Waals surface area contributed by atoms with E-state index in [1.165, 1.54) is 0 Å². The Morgan fingerprint density at radius 2 is 1.90 bits per heavy atom. The topological polar surface area (TPSA) is 94.4 Å². The van der Waals surface area contributed by atoms with Crippen molar-refractivity contribution in [3.05, 3.63) is 59.2 Å². The van der Waals surface area contributed by atoms with Crippen molar-refractivity contribution in [3.63, 3.8) is 0 Å². The average molecular weight is 427 g/mol. The van der Waals surface area contributed by atoms with Gasteiger partial charge in [0.05, 0.1) is 5.69 Å². The van der Waals surface area contributed by atoms with E-state index in [9.17, 15) is 23.2 Å². The number of carbonyl (C=O) groups excluding carboxylic acids is 3. The maximum absolute atomic E-state index is 13.6. The summed E-state index contributed by atoms with van der Waals surface area (Å²) in [6, 6.07) is 6.16. The summed E-state index contributed by atoms with van der Waals surface area (Å²) in [4.78, 5) is 38.9. The van der Waals surface area contributed by atoms with Gasteiger partial charge in [0.2, 0.25) is 5.91 Å². The van der Waals surface area contributed by atoms with Crippen molar-refractivity contribution in [2.45, 2.75) is 32.4 Å². The van der Waals surface area contributed by atoms with Gasteiger partial charge in [0.25, 0.3) is 11.8 Å². The molecule has 2 aliphatic heterocycles. The molecule has 0 saturated carbocycles. The zero-order valence-electron chi connectivity index (χ0n) is 16.8. The van der Waals surface area contributed by atoms with Gasteiger partial charge in [-0.1, -0.05) is 30.3 Å². The van der Waals surface area contributed by atoms with Crippen LogP contribution in [0.25, 0.3) is 0 Å². The first-order valence-corrected chi connectivity index (χ1v) is 9.70. The number of halogens is 2. The van der Waals surface area contributed by atoms with E-state index in [1.54, 1.807) is 0 Å². The summed E-state index contributed by atoms with van der Waals surface area (Å²) in [5, 5.41) is 11.6. The highest BCUT2D eigenvalue weighted by Crippen LogP contribution is 2.32. The van der Waals surface area contributed by atoms with Crippen LogP contribution in [-0.2, 0) is 20.8 Å². The van der Waals surface area contributed by atoms with Gasteiger partial charge in [0.1, 0.15) is 6.54 Å². The van der Waals surface area contributed by atoms with E-state index in [2.05, 4.69) is 15.7 Å². The molecule has 1 saturated heterocycles. The predicted octanol–water partition coefficient (Wildman–Crippen LogP) is 2.77. The molecule has 8 nitrogen and oxygen atoms in total. The molecule has 160 valence electrons. The molecular formula is C21H19F2N5O3. The molecule has 3 amide bonds. The van der Waals surface area contributed by atoms with Crippen molar-refractivity contribution < 1.29 is 23.2 Å². The summed E-state index contributed by atoms with van der Waals surface area (Å²) in [7, 11) is 0. The monoisotopic (exact) mass is 427 g/mol. The van der Waals surface area contributed by atoms with Gasteiger partial charge >= 0.3 is 0 Å². The van der Waals surface area contributed by atoms with E-state index in [0.29, 0.717) is 5.69 Å². The van der Waals surface area contributed by atoms with Gasteiger partial charge in [0, 0.05) is 11.8 Å². The van der Waals surface area contributed by atoms with Crippen LogP contribution < -0.4 is 10.2 Å². The highest BCUT2D eigenvalue weighted by molar-refractivity contribution is 6.25. The van der Waals surface area contributed by atoms with Gasteiger partial charge in [0.15, 0.2) is 23.7 Å². The van der Waals surface area contributed by atoms with Crippen molar-refractivity contribution in [1.29, 1.82) is 0 Å². The molecule has 0 aromatic heterocycles. The van der Waals surface area contributed by atoms with E-state index in [0.717, 1.165) is 45.7 Å². The summed E-state index contributed by atoms with van der Waals surface area (Å²) < 4.78 is 26.8. The lowest BCUT2D eigenvalue weighted by atomic mass is 10.1. The van der Waals surface area contributed by atoms with Gasteiger partial charge in [-0.05, 0) is 36.6 Å². The Balaban J connectivity index is 1.52. The molecule has 2 aliphatic rings. The maximum atomic E-state index is 13.6. The third kappa shape index (κ3) is 3.54. The fraction of sp³-hybridized carbons (Fsp3) is 0.286. The average Bonchev–Trinajstić information content (AvgIpc) is 3.25. The molecule has 2 atom stereocenters. The molecule has 31 heavy (non-hydrogen) atoms. The maximum Gasteiger partial charge on any atom is 0.263 e. The Morgan fingerprint density at radius 3 is 2.61 bits per heavy atom. The summed E-state index contributed by atoms with van der Waals surface area (Å²) >= 11 is 0. The molecule has 0 spiro atoms. The van der Waals surface area contributed by atoms with Gasteiger partial charge in [-0.15, -0.1) is 0 Å².